The predicted molar refractivity (Wildman–Crippen MR) is 112 cm³/mol. The first-order chi connectivity index (χ1) is 13.3. The second kappa shape index (κ2) is 8.93. The Morgan fingerprint density at radius 3 is 2.25 bits per heavy atom. The molecule has 2 aromatic rings. The Balaban J connectivity index is 1.42. The molecule has 1 saturated heterocycles. The van der Waals surface area contributed by atoms with Crippen LogP contribution in [0.3, 0.4) is 0 Å². The van der Waals surface area contributed by atoms with Gasteiger partial charge in [0.25, 0.3) is 0 Å². The van der Waals surface area contributed by atoms with Crippen molar-refractivity contribution < 1.29 is 14.2 Å². The fourth-order valence-corrected chi connectivity index (χ4v) is 3.47. The van der Waals surface area contributed by atoms with Gasteiger partial charge >= 0.3 is 0 Å². The van der Waals surface area contributed by atoms with Crippen LogP contribution in [0, 0.1) is 5.82 Å². The van der Waals surface area contributed by atoms with Crippen LogP contribution in [0.1, 0.15) is 26.3 Å². The summed E-state index contributed by atoms with van der Waals surface area (Å²) >= 11 is 0. The van der Waals surface area contributed by atoms with Crippen molar-refractivity contribution in [3.63, 3.8) is 0 Å². The van der Waals surface area contributed by atoms with Crippen molar-refractivity contribution in [1.29, 1.82) is 0 Å². The first-order valence-corrected chi connectivity index (χ1v) is 9.96. The lowest BCUT2D eigenvalue weighted by atomic mass is 9.87. The molecule has 1 aliphatic rings. The molecule has 5 heteroatoms. The van der Waals surface area contributed by atoms with E-state index in [4.69, 9.17) is 4.74 Å². The summed E-state index contributed by atoms with van der Waals surface area (Å²) in [4.78, 5) is 4.26. The van der Waals surface area contributed by atoms with Crippen LogP contribution in [-0.2, 0) is 5.41 Å². The van der Waals surface area contributed by atoms with E-state index in [1.165, 1.54) is 11.6 Å². The molecule has 0 spiro atoms. The quantitative estimate of drug-likeness (QED) is 0.822. The topological polar surface area (TPSA) is 35.9 Å². The Kier molecular flexibility index (Phi) is 6.57. The number of piperazine rings is 1. The number of benzene rings is 2. The van der Waals surface area contributed by atoms with Crippen molar-refractivity contribution in [2.24, 2.45) is 0 Å². The second-order valence-corrected chi connectivity index (χ2v) is 8.48. The van der Waals surface area contributed by atoms with Crippen molar-refractivity contribution in [2.75, 3.05) is 44.2 Å². The minimum absolute atomic E-state index is 0.114. The number of aliphatic hydroxyl groups excluding tert-OH is 1. The highest BCUT2D eigenvalue weighted by Gasteiger charge is 2.21. The Bertz CT molecular complexity index is 750. The zero-order chi connectivity index (χ0) is 20.1. The Morgan fingerprint density at radius 2 is 1.64 bits per heavy atom. The molecule has 1 unspecified atom stereocenters. The van der Waals surface area contributed by atoms with Gasteiger partial charge in [-0.25, -0.2) is 4.39 Å². The Labute approximate surface area is 167 Å². The highest BCUT2D eigenvalue weighted by Crippen LogP contribution is 2.24. The number of para-hydroxylation sites is 1. The van der Waals surface area contributed by atoms with Gasteiger partial charge in [0, 0.05) is 32.7 Å². The summed E-state index contributed by atoms with van der Waals surface area (Å²) in [6.07, 6.45) is -0.553. The first-order valence-electron chi connectivity index (χ1n) is 9.96. The average molecular weight is 387 g/mol. The molecular weight excluding hydrogens is 355 g/mol. The molecule has 28 heavy (non-hydrogen) atoms. The van der Waals surface area contributed by atoms with Gasteiger partial charge in [0.1, 0.15) is 24.3 Å². The predicted octanol–water partition coefficient (Wildman–Crippen LogP) is 3.69. The van der Waals surface area contributed by atoms with Crippen molar-refractivity contribution in [1.82, 2.24) is 4.90 Å². The zero-order valence-corrected chi connectivity index (χ0v) is 17.1. The van der Waals surface area contributed by atoms with Gasteiger partial charge in [-0.05, 0) is 35.2 Å². The zero-order valence-electron chi connectivity index (χ0n) is 17.1. The summed E-state index contributed by atoms with van der Waals surface area (Å²) in [7, 11) is 0. The van der Waals surface area contributed by atoms with Crippen LogP contribution in [0.5, 0.6) is 5.75 Å². The fraction of sp³-hybridized carbons (Fsp3) is 0.478. The van der Waals surface area contributed by atoms with E-state index in [2.05, 4.69) is 42.7 Å². The number of halogens is 1. The summed E-state index contributed by atoms with van der Waals surface area (Å²) in [6, 6.07) is 15.0. The molecule has 1 heterocycles. The van der Waals surface area contributed by atoms with Crippen LogP contribution in [-0.4, -0.2) is 55.4 Å². The third-order valence-electron chi connectivity index (χ3n) is 5.20. The summed E-state index contributed by atoms with van der Waals surface area (Å²) in [6.45, 7) is 10.5. The minimum atomic E-state index is -0.553. The number of hydrogen-bond donors (Lipinski definition) is 1. The average Bonchev–Trinajstić information content (AvgIpc) is 2.67. The van der Waals surface area contributed by atoms with E-state index in [0.717, 1.165) is 31.9 Å². The van der Waals surface area contributed by atoms with Gasteiger partial charge in [0.15, 0.2) is 0 Å². The van der Waals surface area contributed by atoms with Gasteiger partial charge < -0.3 is 14.7 Å². The van der Waals surface area contributed by atoms with Crippen LogP contribution in [0.4, 0.5) is 10.1 Å². The molecule has 0 aliphatic carbocycles. The lowest BCUT2D eigenvalue weighted by Crippen LogP contribution is -2.49. The largest absolute Gasteiger partial charge is 0.491 e. The first kappa shape index (κ1) is 20.6. The fourth-order valence-electron chi connectivity index (χ4n) is 3.47. The van der Waals surface area contributed by atoms with Gasteiger partial charge in [-0.1, -0.05) is 45.0 Å². The van der Waals surface area contributed by atoms with Crippen molar-refractivity contribution in [2.45, 2.75) is 32.3 Å². The van der Waals surface area contributed by atoms with E-state index in [9.17, 15) is 9.50 Å². The molecule has 1 atom stereocenters. The number of hydrogen-bond acceptors (Lipinski definition) is 4. The molecule has 4 nitrogen and oxygen atoms in total. The number of rotatable bonds is 6. The van der Waals surface area contributed by atoms with Crippen LogP contribution >= 0.6 is 0 Å². The lowest BCUT2D eigenvalue weighted by molar-refractivity contribution is 0.0662. The molecule has 0 aromatic heterocycles. The SMILES string of the molecule is CC(C)(C)c1ccc(OCC(O)CN2CCN(c3ccccc3F)CC2)cc1. The molecular formula is C23H31FN2O2. The minimum Gasteiger partial charge on any atom is -0.491 e. The van der Waals surface area contributed by atoms with Crippen molar-refractivity contribution in [3.8, 4) is 5.75 Å². The molecule has 1 N–H and O–H groups in total. The molecule has 0 radical (unpaired) electrons. The summed E-state index contributed by atoms with van der Waals surface area (Å²) in [5.74, 6) is 0.596. The Morgan fingerprint density at radius 1 is 1.00 bits per heavy atom. The maximum Gasteiger partial charge on any atom is 0.146 e. The van der Waals surface area contributed by atoms with Crippen LogP contribution in [0.25, 0.3) is 0 Å². The number of ether oxygens (including phenoxy) is 1. The maximum atomic E-state index is 13.9. The number of aliphatic hydroxyl groups is 1. The molecule has 2 aromatic carbocycles. The molecule has 1 aliphatic heterocycles. The summed E-state index contributed by atoms with van der Waals surface area (Å²) in [5.41, 5.74) is 2.03. The third-order valence-corrected chi connectivity index (χ3v) is 5.20. The van der Waals surface area contributed by atoms with E-state index in [-0.39, 0.29) is 17.8 Å². The van der Waals surface area contributed by atoms with Gasteiger partial charge in [0.2, 0.25) is 0 Å². The third kappa shape index (κ3) is 5.46. The van der Waals surface area contributed by atoms with Crippen LogP contribution < -0.4 is 9.64 Å². The normalized spacial score (nSPS) is 16.8. The highest BCUT2D eigenvalue weighted by atomic mass is 19.1. The van der Waals surface area contributed by atoms with E-state index in [1.54, 1.807) is 6.07 Å². The van der Waals surface area contributed by atoms with E-state index in [0.29, 0.717) is 12.2 Å². The van der Waals surface area contributed by atoms with E-state index >= 15 is 0 Å². The van der Waals surface area contributed by atoms with Crippen molar-refractivity contribution >= 4 is 5.69 Å². The van der Waals surface area contributed by atoms with Crippen LogP contribution in [0.15, 0.2) is 48.5 Å². The molecule has 152 valence electrons. The molecule has 1 fully saturated rings. The second-order valence-electron chi connectivity index (χ2n) is 8.48. The van der Waals surface area contributed by atoms with Crippen LogP contribution in [0.2, 0.25) is 0 Å². The Hall–Kier alpha value is -2.11. The van der Waals surface area contributed by atoms with Gasteiger partial charge in [-0.2, -0.15) is 0 Å². The molecule has 0 bridgehead atoms. The van der Waals surface area contributed by atoms with Gasteiger partial charge in [0.05, 0.1) is 5.69 Å². The number of anilines is 1. The number of nitrogens with zero attached hydrogens (tertiary/aromatic N) is 2. The van der Waals surface area contributed by atoms with Gasteiger partial charge in [-0.3, -0.25) is 4.90 Å². The summed E-state index contributed by atoms with van der Waals surface area (Å²) < 4.78 is 19.7. The smallest absolute Gasteiger partial charge is 0.146 e. The highest BCUT2D eigenvalue weighted by molar-refractivity contribution is 5.48. The molecule has 0 saturated carbocycles. The standard InChI is InChI=1S/C23H31FN2O2/c1-23(2,3)18-8-10-20(11-9-18)28-17-19(27)16-25-12-14-26(15-13-25)22-7-5-4-6-21(22)24/h4-11,19,27H,12-17H2,1-3H3. The lowest BCUT2D eigenvalue weighted by Gasteiger charge is -2.36. The molecule has 0 amide bonds. The van der Waals surface area contributed by atoms with Gasteiger partial charge in [-0.15, -0.1) is 0 Å². The van der Waals surface area contributed by atoms with E-state index in [1.807, 2.05) is 24.3 Å². The molecule has 3 rings (SSSR count). The van der Waals surface area contributed by atoms with Crippen molar-refractivity contribution in [3.05, 3.63) is 59.9 Å². The monoisotopic (exact) mass is 386 g/mol. The summed E-state index contributed by atoms with van der Waals surface area (Å²) in [5, 5.41) is 10.3. The maximum absolute atomic E-state index is 13.9. The number of β-amino-alcohol motifs (C(OH)–C–C–N with tert-alkyl or cyclic N) is 1. The van der Waals surface area contributed by atoms with E-state index < -0.39 is 6.10 Å².